The molecule has 0 heterocycles. The Morgan fingerprint density at radius 3 is 1.90 bits per heavy atom. The number of hydrogen-bond acceptors (Lipinski definition) is 2. The first kappa shape index (κ1) is 19.2. The van der Waals surface area contributed by atoms with E-state index in [0.717, 1.165) is 25.9 Å². The number of carbonyl (C=O) groups excluding carboxylic acids is 1. The minimum Gasteiger partial charge on any atom is -0.353 e. The fraction of sp³-hybridized carbons (Fsp3) is 0.824. The lowest BCUT2D eigenvalue weighted by Crippen LogP contribution is -2.28. The topological polar surface area (TPSA) is 32.3 Å². The molecule has 20 heavy (non-hydrogen) atoms. The maximum Gasteiger partial charge on any atom is 0.243 e. The Kier molecular flexibility index (Phi) is 14.0. The molecule has 0 unspecified atom stereocenters. The fourth-order valence-electron chi connectivity index (χ4n) is 2.25. The van der Waals surface area contributed by atoms with Gasteiger partial charge >= 0.3 is 0 Å². The Balaban J connectivity index is 3.71. The minimum atomic E-state index is -0.0623. The Labute approximate surface area is 125 Å². The molecule has 0 spiro atoms. The average Bonchev–Trinajstić information content (AvgIpc) is 2.46. The molecule has 0 bridgehead atoms. The van der Waals surface area contributed by atoms with Crippen molar-refractivity contribution in [3.05, 3.63) is 12.7 Å². The Hall–Kier alpha value is -0.830. The van der Waals surface area contributed by atoms with Crippen molar-refractivity contribution in [2.24, 2.45) is 0 Å². The number of hydrogen-bond donors (Lipinski definition) is 1. The molecule has 0 saturated carbocycles. The van der Waals surface area contributed by atoms with E-state index in [1.165, 1.54) is 57.7 Å². The summed E-state index contributed by atoms with van der Waals surface area (Å²) in [5, 5.41) is 2.84. The molecule has 0 aromatic rings. The quantitative estimate of drug-likeness (QED) is 0.389. The molecule has 0 aromatic carbocycles. The van der Waals surface area contributed by atoms with Gasteiger partial charge in [0.15, 0.2) is 0 Å². The first-order valence-corrected chi connectivity index (χ1v) is 8.37. The second kappa shape index (κ2) is 14.6. The van der Waals surface area contributed by atoms with Crippen LogP contribution in [0.4, 0.5) is 0 Å². The lowest BCUT2D eigenvalue weighted by atomic mass is 10.2. The van der Waals surface area contributed by atoms with Crippen LogP contribution in [0.3, 0.4) is 0 Å². The van der Waals surface area contributed by atoms with Crippen molar-refractivity contribution in [1.82, 2.24) is 10.2 Å². The van der Waals surface area contributed by atoms with Crippen molar-refractivity contribution in [3.63, 3.8) is 0 Å². The van der Waals surface area contributed by atoms with E-state index in [-0.39, 0.29) is 5.91 Å². The van der Waals surface area contributed by atoms with Crippen molar-refractivity contribution in [2.75, 3.05) is 26.2 Å². The molecule has 0 rings (SSSR count). The normalized spacial score (nSPS) is 10.8. The molecular weight excluding hydrogens is 248 g/mol. The zero-order valence-electron chi connectivity index (χ0n) is 13.6. The predicted molar refractivity (Wildman–Crippen MR) is 87.9 cm³/mol. The van der Waals surface area contributed by atoms with Gasteiger partial charge in [-0.15, -0.1) is 0 Å². The highest BCUT2D eigenvalue weighted by molar-refractivity contribution is 5.86. The molecule has 3 nitrogen and oxygen atoms in total. The van der Waals surface area contributed by atoms with Gasteiger partial charge in [0.1, 0.15) is 0 Å². The van der Waals surface area contributed by atoms with E-state index in [4.69, 9.17) is 0 Å². The van der Waals surface area contributed by atoms with E-state index in [9.17, 15) is 4.79 Å². The minimum absolute atomic E-state index is 0.0623. The zero-order valence-corrected chi connectivity index (χ0v) is 13.6. The molecule has 1 amide bonds. The number of rotatable bonds is 14. The van der Waals surface area contributed by atoms with Crippen LogP contribution < -0.4 is 5.32 Å². The smallest absolute Gasteiger partial charge is 0.243 e. The van der Waals surface area contributed by atoms with Crippen molar-refractivity contribution in [1.29, 1.82) is 0 Å². The Bertz CT molecular complexity index is 231. The summed E-state index contributed by atoms with van der Waals surface area (Å²) in [7, 11) is 0. The van der Waals surface area contributed by atoms with Gasteiger partial charge in [0.2, 0.25) is 5.91 Å². The van der Waals surface area contributed by atoms with Gasteiger partial charge in [-0.3, -0.25) is 4.79 Å². The molecule has 3 heteroatoms. The summed E-state index contributed by atoms with van der Waals surface area (Å²) in [5.74, 6) is -0.0623. The maximum atomic E-state index is 11.0. The first-order valence-electron chi connectivity index (χ1n) is 8.37. The predicted octanol–water partition coefficient (Wildman–Crippen LogP) is 3.75. The standard InChI is InChI=1S/C17H34N2O/c1-4-7-10-14-19(15-11-8-5-2)16-12-9-13-18-17(20)6-3/h6H,3-5,7-16H2,1-2H3,(H,18,20). The second-order valence-corrected chi connectivity index (χ2v) is 5.46. The Morgan fingerprint density at radius 1 is 0.950 bits per heavy atom. The van der Waals surface area contributed by atoms with Gasteiger partial charge in [-0.2, -0.15) is 0 Å². The van der Waals surface area contributed by atoms with Crippen molar-refractivity contribution in [3.8, 4) is 0 Å². The fourth-order valence-corrected chi connectivity index (χ4v) is 2.25. The third kappa shape index (κ3) is 12.2. The summed E-state index contributed by atoms with van der Waals surface area (Å²) in [6.45, 7) is 12.4. The number of amides is 1. The van der Waals surface area contributed by atoms with Crippen molar-refractivity contribution < 1.29 is 4.79 Å². The van der Waals surface area contributed by atoms with Crippen LogP contribution in [0.5, 0.6) is 0 Å². The molecule has 1 N–H and O–H groups in total. The summed E-state index contributed by atoms with van der Waals surface area (Å²) in [6.07, 6.45) is 11.4. The number of carbonyl (C=O) groups is 1. The summed E-state index contributed by atoms with van der Waals surface area (Å²) < 4.78 is 0. The third-order valence-corrected chi connectivity index (χ3v) is 3.54. The van der Waals surface area contributed by atoms with Gasteiger partial charge in [-0.1, -0.05) is 46.1 Å². The van der Waals surface area contributed by atoms with Crippen LogP contribution in [-0.2, 0) is 4.79 Å². The van der Waals surface area contributed by atoms with Gasteiger partial charge in [0.25, 0.3) is 0 Å². The molecule has 118 valence electrons. The highest BCUT2D eigenvalue weighted by Crippen LogP contribution is 2.04. The van der Waals surface area contributed by atoms with Crippen LogP contribution in [0.25, 0.3) is 0 Å². The summed E-state index contributed by atoms with van der Waals surface area (Å²) >= 11 is 0. The average molecular weight is 282 g/mol. The summed E-state index contributed by atoms with van der Waals surface area (Å²) in [5.41, 5.74) is 0. The van der Waals surface area contributed by atoms with Gasteiger partial charge < -0.3 is 10.2 Å². The van der Waals surface area contributed by atoms with Crippen LogP contribution in [0.15, 0.2) is 12.7 Å². The largest absolute Gasteiger partial charge is 0.353 e. The zero-order chi connectivity index (χ0) is 15.1. The molecule has 0 radical (unpaired) electrons. The SMILES string of the molecule is C=CC(=O)NCCCCN(CCCCC)CCCCC. The lowest BCUT2D eigenvalue weighted by molar-refractivity contribution is -0.116. The number of nitrogens with zero attached hydrogens (tertiary/aromatic N) is 1. The third-order valence-electron chi connectivity index (χ3n) is 3.54. The van der Waals surface area contributed by atoms with E-state index in [2.05, 4.69) is 30.6 Å². The van der Waals surface area contributed by atoms with Crippen LogP contribution >= 0.6 is 0 Å². The maximum absolute atomic E-state index is 11.0. The molecule has 0 saturated heterocycles. The lowest BCUT2D eigenvalue weighted by Gasteiger charge is -2.22. The van der Waals surface area contributed by atoms with E-state index in [1.807, 2.05) is 0 Å². The van der Waals surface area contributed by atoms with Crippen LogP contribution in [0.2, 0.25) is 0 Å². The van der Waals surface area contributed by atoms with E-state index >= 15 is 0 Å². The highest BCUT2D eigenvalue weighted by Gasteiger charge is 2.04. The molecule has 0 aliphatic carbocycles. The first-order chi connectivity index (χ1) is 9.74. The van der Waals surface area contributed by atoms with Gasteiger partial charge in [0, 0.05) is 6.54 Å². The Morgan fingerprint density at radius 2 is 1.45 bits per heavy atom. The van der Waals surface area contributed by atoms with E-state index < -0.39 is 0 Å². The molecule has 0 atom stereocenters. The number of nitrogens with one attached hydrogen (secondary N) is 1. The van der Waals surface area contributed by atoms with Crippen LogP contribution in [0.1, 0.15) is 65.2 Å². The van der Waals surface area contributed by atoms with Crippen molar-refractivity contribution >= 4 is 5.91 Å². The molecule has 0 aliphatic rings. The van der Waals surface area contributed by atoms with Crippen molar-refractivity contribution in [2.45, 2.75) is 65.2 Å². The van der Waals surface area contributed by atoms with Gasteiger partial charge in [0.05, 0.1) is 0 Å². The second-order valence-electron chi connectivity index (χ2n) is 5.46. The highest BCUT2D eigenvalue weighted by atomic mass is 16.1. The molecule has 0 aromatic heterocycles. The monoisotopic (exact) mass is 282 g/mol. The van der Waals surface area contributed by atoms with Gasteiger partial charge in [-0.05, 0) is 51.4 Å². The molecular formula is C17H34N2O. The van der Waals surface area contributed by atoms with E-state index in [0.29, 0.717) is 0 Å². The van der Waals surface area contributed by atoms with Gasteiger partial charge in [-0.25, -0.2) is 0 Å². The number of unbranched alkanes of at least 4 members (excludes halogenated alkanes) is 5. The summed E-state index contributed by atoms with van der Waals surface area (Å²) in [4.78, 5) is 13.6. The summed E-state index contributed by atoms with van der Waals surface area (Å²) in [6, 6.07) is 0. The molecule has 0 fully saturated rings. The van der Waals surface area contributed by atoms with Crippen LogP contribution in [-0.4, -0.2) is 37.0 Å². The molecule has 0 aliphatic heterocycles. The van der Waals surface area contributed by atoms with Crippen LogP contribution in [0, 0.1) is 0 Å². The van der Waals surface area contributed by atoms with E-state index in [1.54, 1.807) is 0 Å².